The van der Waals surface area contributed by atoms with Gasteiger partial charge in [-0.2, -0.15) is 18.7 Å². The Bertz CT molecular complexity index is 1500. The smallest absolute Gasteiger partial charge is 0.410 e. The van der Waals surface area contributed by atoms with E-state index in [1.807, 2.05) is 26.8 Å². The molecule has 2 aromatic rings. The van der Waals surface area contributed by atoms with Gasteiger partial charge in [0.05, 0.1) is 11.1 Å². The Morgan fingerprint density at radius 1 is 1.06 bits per heavy atom. The Kier molecular flexibility index (Phi) is 11.2. The van der Waals surface area contributed by atoms with Crippen molar-refractivity contribution >= 4 is 75.5 Å². The quantitative estimate of drug-likeness (QED) is 0.195. The zero-order valence-corrected chi connectivity index (χ0v) is 33.2. The zero-order chi connectivity index (χ0) is 35.0. The fourth-order valence-corrected chi connectivity index (χ4v) is 7.87. The normalized spacial score (nSPS) is 18.7. The number of hydrogen-bond acceptors (Lipinski definition) is 9. The molecular formula is C32H45BrF2IN5O6Si. The molecule has 16 heteroatoms. The molecule has 0 N–H and O–H groups in total. The van der Waals surface area contributed by atoms with Gasteiger partial charge < -0.3 is 33.6 Å². The molecule has 5 rings (SSSR count). The molecule has 0 atom stereocenters. The van der Waals surface area contributed by atoms with Crippen molar-refractivity contribution in [2.45, 2.75) is 90.5 Å². The number of anilines is 1. The lowest BCUT2D eigenvalue weighted by molar-refractivity contribution is -0.0495. The third-order valence-corrected chi connectivity index (χ3v) is 13.0. The van der Waals surface area contributed by atoms with E-state index < -0.39 is 20.3 Å². The Morgan fingerprint density at radius 2 is 1.71 bits per heavy atom. The third-order valence-electron chi connectivity index (χ3n) is 8.88. The van der Waals surface area contributed by atoms with Crippen LogP contribution in [-0.2, 0) is 9.47 Å². The first kappa shape index (κ1) is 37.1. The van der Waals surface area contributed by atoms with Gasteiger partial charge in [0.25, 0.3) is 0 Å². The lowest BCUT2D eigenvalue weighted by Gasteiger charge is -2.53. The van der Waals surface area contributed by atoms with Crippen molar-refractivity contribution in [3.05, 3.63) is 14.1 Å². The highest BCUT2D eigenvalue weighted by Gasteiger charge is 2.48. The van der Waals surface area contributed by atoms with Crippen LogP contribution in [0.25, 0.3) is 10.9 Å². The summed E-state index contributed by atoms with van der Waals surface area (Å²) in [6.45, 7) is 13.2. The van der Waals surface area contributed by atoms with E-state index in [0.29, 0.717) is 78.0 Å². The number of carbonyl (C=O) groups excluding carboxylic acids is 2. The van der Waals surface area contributed by atoms with Crippen LogP contribution >= 0.6 is 38.5 Å². The van der Waals surface area contributed by atoms with Crippen molar-refractivity contribution < 1.29 is 37.3 Å². The molecule has 0 bridgehead atoms. The number of rotatable bonds is 8. The topological polar surface area (TPSA) is 107 Å². The van der Waals surface area contributed by atoms with Gasteiger partial charge >= 0.3 is 24.8 Å². The molecule has 3 saturated heterocycles. The SMILES string of the molecule is CC(C)(C)OC(=O)N1CC2(CCN(c3nc(OC4CCN(C(=O)OCC[Si](C)(C)C)CC4)nc4c(OC(F)F)c(Br)c(I)cc34)CC2)C1. The molecule has 3 aliphatic rings. The van der Waals surface area contributed by atoms with Crippen LogP contribution in [-0.4, -0.2) is 104 Å². The first-order valence-electron chi connectivity index (χ1n) is 16.4. The van der Waals surface area contributed by atoms with Crippen LogP contribution in [0.1, 0.15) is 46.5 Å². The Hall–Kier alpha value is -2.21. The fraction of sp³-hybridized carbons (Fsp3) is 0.688. The maximum absolute atomic E-state index is 13.6. The summed E-state index contributed by atoms with van der Waals surface area (Å²) in [5.41, 5.74) is -0.321. The molecule has 0 saturated carbocycles. The summed E-state index contributed by atoms with van der Waals surface area (Å²) in [6.07, 6.45) is 1.88. The van der Waals surface area contributed by atoms with Crippen molar-refractivity contribution in [1.82, 2.24) is 19.8 Å². The molecule has 2 amide bonds. The van der Waals surface area contributed by atoms with E-state index in [2.05, 4.69) is 68.0 Å². The molecule has 1 spiro atoms. The highest BCUT2D eigenvalue weighted by atomic mass is 127. The second kappa shape index (κ2) is 14.6. The average Bonchev–Trinajstić information content (AvgIpc) is 2.97. The van der Waals surface area contributed by atoms with E-state index >= 15 is 0 Å². The average molecular weight is 869 g/mol. The first-order chi connectivity index (χ1) is 22.4. The molecule has 0 unspecified atom stereocenters. The Morgan fingerprint density at radius 3 is 2.29 bits per heavy atom. The lowest BCUT2D eigenvalue weighted by Crippen LogP contribution is -2.62. The first-order valence-corrected chi connectivity index (χ1v) is 22.0. The minimum absolute atomic E-state index is 0.000763. The summed E-state index contributed by atoms with van der Waals surface area (Å²) < 4.78 is 50.7. The largest absolute Gasteiger partial charge is 0.460 e. The highest BCUT2D eigenvalue weighted by Crippen LogP contribution is 2.45. The molecule has 0 radical (unpaired) electrons. The third kappa shape index (κ3) is 9.11. The van der Waals surface area contributed by atoms with Gasteiger partial charge in [-0.05, 0) is 84.2 Å². The molecule has 266 valence electrons. The lowest BCUT2D eigenvalue weighted by atomic mass is 9.72. The molecular weight excluding hydrogens is 823 g/mol. The fourth-order valence-electron chi connectivity index (χ4n) is 6.21. The molecule has 0 aliphatic carbocycles. The van der Waals surface area contributed by atoms with Crippen LogP contribution in [0.4, 0.5) is 24.2 Å². The number of hydrogen-bond donors (Lipinski definition) is 0. The summed E-state index contributed by atoms with van der Waals surface area (Å²) >= 11 is 5.49. The Balaban J connectivity index is 1.31. The monoisotopic (exact) mass is 867 g/mol. The van der Waals surface area contributed by atoms with Gasteiger partial charge in [-0.1, -0.05) is 19.6 Å². The van der Waals surface area contributed by atoms with Gasteiger partial charge in [-0.15, -0.1) is 0 Å². The number of carbonyl (C=O) groups is 2. The van der Waals surface area contributed by atoms with Gasteiger partial charge in [0.15, 0.2) is 5.75 Å². The minimum Gasteiger partial charge on any atom is -0.460 e. The number of alkyl halides is 2. The highest BCUT2D eigenvalue weighted by molar-refractivity contribution is 14.1. The number of piperidine rings is 2. The molecule has 4 heterocycles. The number of likely N-dealkylation sites (tertiary alicyclic amines) is 2. The predicted molar refractivity (Wildman–Crippen MR) is 193 cm³/mol. The minimum atomic E-state index is -3.05. The van der Waals surface area contributed by atoms with Crippen LogP contribution in [0.15, 0.2) is 10.5 Å². The van der Waals surface area contributed by atoms with Crippen molar-refractivity contribution in [1.29, 1.82) is 0 Å². The molecule has 48 heavy (non-hydrogen) atoms. The Labute approximate surface area is 303 Å². The maximum Gasteiger partial charge on any atom is 0.410 e. The van der Waals surface area contributed by atoms with Crippen LogP contribution < -0.4 is 14.4 Å². The maximum atomic E-state index is 13.6. The summed E-state index contributed by atoms with van der Waals surface area (Å²) in [7, 11) is -1.31. The second-order valence-corrected chi connectivity index (χ2v) is 22.7. The van der Waals surface area contributed by atoms with Gasteiger partial charge in [0.1, 0.15) is 23.0 Å². The summed E-state index contributed by atoms with van der Waals surface area (Å²) in [5.74, 6) is 0.512. The van der Waals surface area contributed by atoms with E-state index in [1.165, 1.54) is 0 Å². The number of amides is 2. The summed E-state index contributed by atoms with van der Waals surface area (Å²) in [6, 6.07) is 2.84. The van der Waals surface area contributed by atoms with Crippen LogP contribution in [0.2, 0.25) is 25.7 Å². The number of fused-ring (bicyclic) bond motifs is 1. The zero-order valence-electron chi connectivity index (χ0n) is 28.4. The second-order valence-electron chi connectivity index (χ2n) is 15.2. The van der Waals surface area contributed by atoms with Gasteiger partial charge in [0.2, 0.25) is 0 Å². The van der Waals surface area contributed by atoms with Gasteiger partial charge in [-0.3, -0.25) is 0 Å². The number of ether oxygens (including phenoxy) is 4. The van der Waals surface area contributed by atoms with Crippen LogP contribution in [0.5, 0.6) is 11.8 Å². The van der Waals surface area contributed by atoms with E-state index in [0.717, 1.165) is 18.9 Å². The van der Waals surface area contributed by atoms with E-state index in [1.54, 1.807) is 9.80 Å². The number of nitrogens with zero attached hydrogens (tertiary/aromatic N) is 5. The molecule has 1 aromatic heterocycles. The summed E-state index contributed by atoms with van der Waals surface area (Å²) in [5, 5.41) is 0.585. The standard InChI is InChI=1S/C32H45BrF2IN5O6Si/c1-31(2,3)47-30(43)41-18-32(19-41)9-13-39(14-10-32)26-21-17-22(36)23(33)25(46-27(34)35)24(21)37-28(38-26)45-20-7-11-40(12-8-20)29(42)44-15-16-48(4,5)6/h17,20,27H,7-16,18-19H2,1-6H3. The number of aromatic nitrogens is 2. The van der Waals surface area contributed by atoms with Crippen molar-refractivity contribution in [3.8, 4) is 11.8 Å². The number of benzene rings is 1. The molecule has 3 aliphatic heterocycles. The summed E-state index contributed by atoms with van der Waals surface area (Å²) in [4.78, 5) is 40.2. The van der Waals surface area contributed by atoms with Crippen molar-refractivity contribution in [2.75, 3.05) is 50.8 Å². The van der Waals surface area contributed by atoms with Crippen LogP contribution in [0.3, 0.4) is 0 Å². The molecule has 1 aromatic carbocycles. The van der Waals surface area contributed by atoms with E-state index in [9.17, 15) is 18.4 Å². The van der Waals surface area contributed by atoms with Gasteiger partial charge in [0, 0.05) is 74.6 Å². The predicted octanol–water partition coefficient (Wildman–Crippen LogP) is 7.75. The molecule has 3 fully saturated rings. The number of halogens is 4. The van der Waals surface area contributed by atoms with Gasteiger partial charge in [-0.25, -0.2) is 9.59 Å². The van der Waals surface area contributed by atoms with Crippen molar-refractivity contribution in [3.63, 3.8) is 0 Å². The van der Waals surface area contributed by atoms with Crippen molar-refractivity contribution in [2.24, 2.45) is 5.41 Å². The van der Waals surface area contributed by atoms with Crippen LogP contribution in [0, 0.1) is 8.99 Å². The van der Waals surface area contributed by atoms with E-state index in [-0.39, 0.29) is 41.0 Å². The van der Waals surface area contributed by atoms with E-state index in [4.69, 9.17) is 23.9 Å². The molecule has 11 nitrogen and oxygen atoms in total.